The van der Waals surface area contributed by atoms with Crippen LogP contribution < -0.4 is 14.8 Å². The van der Waals surface area contributed by atoms with Crippen molar-refractivity contribution in [3.05, 3.63) is 47.5 Å². The molecule has 3 aromatic rings. The molecule has 36 heavy (non-hydrogen) atoms. The van der Waals surface area contributed by atoms with Crippen molar-refractivity contribution >= 4 is 40.0 Å². The Balaban J connectivity index is 1.39. The molecule has 1 atom stereocenters. The Morgan fingerprint density at radius 3 is 2.81 bits per heavy atom. The molecule has 1 saturated carbocycles. The molecule has 2 aliphatic rings. The molecule has 0 radical (unpaired) electrons. The molecule has 10 heteroatoms. The van der Waals surface area contributed by atoms with Crippen LogP contribution in [0.4, 0.5) is 15.9 Å². The van der Waals surface area contributed by atoms with Gasteiger partial charge in [-0.05, 0) is 56.9 Å². The number of hydrogen-bond acceptors (Lipinski definition) is 8. The van der Waals surface area contributed by atoms with Gasteiger partial charge in [0.05, 0.1) is 23.2 Å². The normalized spacial score (nSPS) is 18.9. The van der Waals surface area contributed by atoms with Crippen molar-refractivity contribution in [1.29, 1.82) is 0 Å². The van der Waals surface area contributed by atoms with E-state index >= 15 is 0 Å². The van der Waals surface area contributed by atoms with Gasteiger partial charge < -0.3 is 19.5 Å². The molecule has 190 valence electrons. The summed E-state index contributed by atoms with van der Waals surface area (Å²) < 4.78 is 31.3. The number of nitrogens with one attached hydrogen (secondary N) is 1. The minimum atomic E-state index is -0.486. The van der Waals surface area contributed by atoms with Crippen LogP contribution in [0.1, 0.15) is 32.6 Å². The predicted molar refractivity (Wildman–Crippen MR) is 135 cm³/mol. The van der Waals surface area contributed by atoms with Gasteiger partial charge in [0.2, 0.25) is 0 Å². The molecule has 1 unspecified atom stereocenters. The van der Waals surface area contributed by atoms with Crippen molar-refractivity contribution in [2.75, 3.05) is 31.6 Å². The molecule has 2 fully saturated rings. The molecule has 2 heterocycles. The van der Waals surface area contributed by atoms with Gasteiger partial charge in [0.15, 0.2) is 11.5 Å². The third-order valence-corrected chi connectivity index (χ3v) is 6.63. The van der Waals surface area contributed by atoms with Crippen molar-refractivity contribution in [3.63, 3.8) is 0 Å². The molecule has 1 N–H and O–H groups in total. The molecule has 5 rings (SSSR count). The van der Waals surface area contributed by atoms with E-state index in [4.69, 9.17) is 25.8 Å². The predicted octanol–water partition coefficient (Wildman–Crippen LogP) is 5.11. The number of rotatable bonds is 8. The SMILES string of the molecule is CC1CN(CCOc2cc3ncnc(Nc4ccc(F)c(Cl)c4)c3cc2OC2CCCC2)CC(=O)O1. The molecule has 0 bridgehead atoms. The Kier molecular flexibility index (Phi) is 7.38. The monoisotopic (exact) mass is 514 g/mol. The van der Waals surface area contributed by atoms with Crippen LogP contribution in [0.5, 0.6) is 11.5 Å². The van der Waals surface area contributed by atoms with E-state index in [2.05, 4.69) is 15.3 Å². The van der Waals surface area contributed by atoms with E-state index in [1.54, 1.807) is 6.07 Å². The van der Waals surface area contributed by atoms with Gasteiger partial charge in [-0.25, -0.2) is 14.4 Å². The fourth-order valence-corrected chi connectivity index (χ4v) is 4.81. The number of morpholine rings is 1. The van der Waals surface area contributed by atoms with Crippen LogP contribution in [0.15, 0.2) is 36.7 Å². The Hall–Kier alpha value is -3.17. The quantitative estimate of drug-likeness (QED) is 0.415. The smallest absolute Gasteiger partial charge is 0.320 e. The zero-order chi connectivity index (χ0) is 25.1. The highest BCUT2D eigenvalue weighted by molar-refractivity contribution is 6.31. The number of fused-ring (bicyclic) bond motifs is 1. The lowest BCUT2D eigenvalue weighted by Gasteiger charge is -2.30. The van der Waals surface area contributed by atoms with Crippen LogP contribution in [0.2, 0.25) is 5.02 Å². The first-order chi connectivity index (χ1) is 17.4. The molecule has 0 amide bonds. The fourth-order valence-electron chi connectivity index (χ4n) is 4.63. The number of cyclic esters (lactones) is 1. The van der Waals surface area contributed by atoms with E-state index < -0.39 is 5.82 Å². The van der Waals surface area contributed by atoms with Crippen LogP contribution in [-0.2, 0) is 9.53 Å². The second-order valence-electron chi connectivity index (χ2n) is 9.20. The van der Waals surface area contributed by atoms with Gasteiger partial charge in [0.1, 0.15) is 30.7 Å². The lowest BCUT2D eigenvalue weighted by atomic mass is 10.2. The van der Waals surface area contributed by atoms with Gasteiger partial charge in [0, 0.05) is 30.2 Å². The van der Waals surface area contributed by atoms with Gasteiger partial charge >= 0.3 is 5.97 Å². The van der Waals surface area contributed by atoms with E-state index in [-0.39, 0.29) is 29.7 Å². The molecule has 2 aromatic carbocycles. The zero-order valence-corrected chi connectivity index (χ0v) is 20.8. The first-order valence-electron chi connectivity index (χ1n) is 12.2. The Morgan fingerprint density at radius 2 is 2.03 bits per heavy atom. The highest BCUT2D eigenvalue weighted by Crippen LogP contribution is 2.37. The maximum atomic E-state index is 13.6. The van der Waals surface area contributed by atoms with Crippen LogP contribution in [-0.4, -0.2) is 59.3 Å². The van der Waals surface area contributed by atoms with Crippen LogP contribution in [0.25, 0.3) is 10.9 Å². The zero-order valence-electron chi connectivity index (χ0n) is 20.0. The topological polar surface area (TPSA) is 85.8 Å². The minimum absolute atomic E-state index is 0.0238. The summed E-state index contributed by atoms with van der Waals surface area (Å²) in [5.41, 5.74) is 1.28. The molecule has 8 nitrogen and oxygen atoms in total. The third kappa shape index (κ3) is 5.79. The average molecular weight is 515 g/mol. The van der Waals surface area contributed by atoms with Crippen molar-refractivity contribution in [2.45, 2.75) is 44.8 Å². The Morgan fingerprint density at radius 1 is 1.19 bits per heavy atom. The minimum Gasteiger partial charge on any atom is -0.488 e. The van der Waals surface area contributed by atoms with Gasteiger partial charge in [-0.1, -0.05) is 11.6 Å². The van der Waals surface area contributed by atoms with E-state index in [1.807, 2.05) is 24.0 Å². The summed E-state index contributed by atoms with van der Waals surface area (Å²) in [5, 5.41) is 3.97. The van der Waals surface area contributed by atoms with Crippen molar-refractivity contribution < 1.29 is 23.4 Å². The standard InChI is InChI=1S/C26H28ClFN4O4/c1-16-13-32(14-25(33)35-16)8-9-34-23-12-22-19(11-24(23)36-18-4-2-3-5-18)26(30-15-29-22)31-17-6-7-21(28)20(27)10-17/h6-7,10-12,15-16,18H,2-5,8-9,13-14H2,1H3,(H,29,30,31). The number of benzene rings is 2. The van der Waals surface area contributed by atoms with Crippen molar-refractivity contribution in [1.82, 2.24) is 14.9 Å². The molecular formula is C26H28ClFN4O4. The number of aromatic nitrogens is 2. The second kappa shape index (κ2) is 10.8. The van der Waals surface area contributed by atoms with Crippen LogP contribution in [0.3, 0.4) is 0 Å². The fraction of sp³-hybridized carbons (Fsp3) is 0.423. The van der Waals surface area contributed by atoms with Crippen LogP contribution >= 0.6 is 11.6 Å². The van der Waals surface area contributed by atoms with Crippen molar-refractivity contribution in [3.8, 4) is 11.5 Å². The second-order valence-corrected chi connectivity index (χ2v) is 9.61. The maximum absolute atomic E-state index is 13.6. The third-order valence-electron chi connectivity index (χ3n) is 6.34. The molecule has 0 spiro atoms. The van der Waals surface area contributed by atoms with Gasteiger partial charge in [-0.2, -0.15) is 0 Å². The first-order valence-corrected chi connectivity index (χ1v) is 12.5. The maximum Gasteiger partial charge on any atom is 0.320 e. The lowest BCUT2D eigenvalue weighted by molar-refractivity contribution is -0.157. The van der Waals surface area contributed by atoms with E-state index in [0.29, 0.717) is 48.2 Å². The van der Waals surface area contributed by atoms with Crippen LogP contribution in [0, 0.1) is 5.82 Å². The number of hydrogen-bond donors (Lipinski definition) is 1. The number of carbonyl (C=O) groups excluding carboxylic acids is 1. The lowest BCUT2D eigenvalue weighted by Crippen LogP contribution is -2.45. The number of ether oxygens (including phenoxy) is 3. The summed E-state index contributed by atoms with van der Waals surface area (Å²) in [4.78, 5) is 22.6. The molecule has 1 aliphatic carbocycles. The summed E-state index contributed by atoms with van der Waals surface area (Å²) >= 11 is 5.95. The van der Waals surface area contributed by atoms with Gasteiger partial charge in [-0.15, -0.1) is 0 Å². The summed E-state index contributed by atoms with van der Waals surface area (Å²) in [6.45, 7) is 3.78. The van der Waals surface area contributed by atoms with E-state index in [1.165, 1.54) is 18.5 Å². The Bertz CT molecular complexity index is 1250. The summed E-state index contributed by atoms with van der Waals surface area (Å²) in [6, 6.07) is 8.14. The Labute approximate surface area is 213 Å². The largest absolute Gasteiger partial charge is 0.488 e. The first kappa shape index (κ1) is 24.5. The van der Waals surface area contributed by atoms with Gasteiger partial charge in [-0.3, -0.25) is 9.69 Å². The van der Waals surface area contributed by atoms with E-state index in [0.717, 1.165) is 31.1 Å². The molecule has 1 aliphatic heterocycles. The number of carbonyl (C=O) groups is 1. The van der Waals surface area contributed by atoms with Gasteiger partial charge in [0.25, 0.3) is 0 Å². The molecular weight excluding hydrogens is 487 g/mol. The van der Waals surface area contributed by atoms with E-state index in [9.17, 15) is 9.18 Å². The number of anilines is 2. The highest BCUT2D eigenvalue weighted by Gasteiger charge is 2.24. The highest BCUT2D eigenvalue weighted by atomic mass is 35.5. The number of halogens is 2. The van der Waals surface area contributed by atoms with Crippen molar-refractivity contribution in [2.24, 2.45) is 0 Å². The number of esters is 1. The average Bonchev–Trinajstić information content (AvgIpc) is 3.35. The number of nitrogens with zero attached hydrogens (tertiary/aromatic N) is 3. The molecule has 1 saturated heterocycles. The molecule has 1 aromatic heterocycles. The summed E-state index contributed by atoms with van der Waals surface area (Å²) in [5.74, 6) is 1.06. The summed E-state index contributed by atoms with van der Waals surface area (Å²) in [6.07, 6.45) is 5.72. The summed E-state index contributed by atoms with van der Waals surface area (Å²) in [7, 11) is 0.